The van der Waals surface area contributed by atoms with Gasteiger partial charge in [-0.05, 0) is 47.6 Å². The van der Waals surface area contributed by atoms with E-state index in [9.17, 15) is 33.9 Å². The summed E-state index contributed by atoms with van der Waals surface area (Å²) in [5.41, 5.74) is -1.89. The summed E-state index contributed by atoms with van der Waals surface area (Å²) in [6.07, 6.45) is -6.18. The lowest BCUT2D eigenvalue weighted by atomic mass is 9.92. The molecule has 0 aliphatic carbocycles. The van der Waals surface area contributed by atoms with Crippen LogP contribution in [0.4, 0.5) is 14.4 Å². The topological polar surface area (TPSA) is 236 Å². The molecule has 0 spiro atoms. The molecular weight excluding hydrogens is 592 g/mol. The summed E-state index contributed by atoms with van der Waals surface area (Å²) < 4.78 is 36.5. The van der Waals surface area contributed by atoms with Gasteiger partial charge in [-0.3, -0.25) is 15.4 Å². The number of nitrogens with one attached hydrogen (secondary N) is 3. The fourth-order valence-electron chi connectivity index (χ4n) is 3.85. The number of esters is 1. The van der Waals surface area contributed by atoms with Gasteiger partial charge in [0.25, 0.3) is 0 Å². The quantitative estimate of drug-likeness (QED) is 0.125. The van der Waals surface area contributed by atoms with Crippen LogP contribution in [0.2, 0.25) is 0 Å². The molecule has 3 amide bonds. The third-order valence-corrected chi connectivity index (χ3v) is 5.28. The Morgan fingerprint density at radius 1 is 1.02 bits per heavy atom. The summed E-state index contributed by atoms with van der Waals surface area (Å²) >= 11 is 0. The molecule has 2 aliphatic heterocycles. The third-order valence-electron chi connectivity index (χ3n) is 5.28. The predicted molar refractivity (Wildman–Crippen MR) is 146 cm³/mol. The first-order valence-electron chi connectivity index (χ1n) is 13.3. The Labute approximate surface area is 252 Å². The van der Waals surface area contributed by atoms with Crippen molar-refractivity contribution in [1.82, 2.24) is 16.0 Å². The predicted octanol–water partition coefficient (Wildman–Crippen LogP) is 0.726. The zero-order chi connectivity index (χ0) is 33.4. The molecule has 4 N–H and O–H groups in total. The van der Waals surface area contributed by atoms with E-state index in [1.165, 1.54) is 0 Å². The number of carboxylic acid groups (broad SMARTS) is 1. The van der Waals surface area contributed by atoms with Crippen LogP contribution in [0.3, 0.4) is 0 Å². The summed E-state index contributed by atoms with van der Waals surface area (Å²) in [6, 6.07) is -2.64. The Bertz CT molecular complexity index is 1150. The van der Waals surface area contributed by atoms with Gasteiger partial charge in [-0.15, -0.1) is 0 Å². The van der Waals surface area contributed by atoms with E-state index in [4.69, 9.17) is 33.2 Å². The van der Waals surface area contributed by atoms with Gasteiger partial charge in [-0.1, -0.05) is 0 Å². The highest BCUT2D eigenvalue weighted by Crippen LogP contribution is 2.29. The number of cyclic esters (lactones) is 2. The minimum absolute atomic E-state index is 0.382. The number of carbonyl (C=O) groups excluding carboxylic acids is 5. The van der Waals surface area contributed by atoms with Crippen LogP contribution in [-0.2, 0) is 47.5 Å². The van der Waals surface area contributed by atoms with Crippen LogP contribution in [0.1, 0.15) is 48.5 Å². The van der Waals surface area contributed by atoms with Gasteiger partial charge < -0.3 is 43.6 Å². The van der Waals surface area contributed by atoms with Gasteiger partial charge >= 0.3 is 30.3 Å². The molecule has 18 nitrogen and oxygen atoms in total. The number of aliphatic carboxylic acids is 1. The van der Waals surface area contributed by atoms with Gasteiger partial charge in [0.05, 0.1) is 19.2 Å². The van der Waals surface area contributed by atoms with Gasteiger partial charge in [-0.25, -0.2) is 29.0 Å². The number of methoxy groups -OCH3 is 1. The fraction of sp³-hybridized carbons (Fsp3) is 0.654. The van der Waals surface area contributed by atoms with Crippen LogP contribution >= 0.6 is 0 Å². The van der Waals surface area contributed by atoms with Gasteiger partial charge in [0.2, 0.25) is 17.6 Å². The molecule has 1 fully saturated rings. The summed E-state index contributed by atoms with van der Waals surface area (Å²) in [5, 5.41) is 16.4. The van der Waals surface area contributed by atoms with Crippen molar-refractivity contribution < 1.29 is 67.0 Å². The summed E-state index contributed by atoms with van der Waals surface area (Å²) in [5.74, 6) is -4.01. The molecule has 2 heterocycles. The van der Waals surface area contributed by atoms with Gasteiger partial charge in [0.15, 0.2) is 12.2 Å². The monoisotopic (exact) mass is 630 g/mol. The van der Waals surface area contributed by atoms with Crippen LogP contribution in [0.25, 0.3) is 0 Å². The zero-order valence-electron chi connectivity index (χ0n) is 25.6. The maximum atomic E-state index is 12.7. The summed E-state index contributed by atoms with van der Waals surface area (Å²) in [7, 11) is 1.06. The van der Waals surface area contributed by atoms with Crippen molar-refractivity contribution in [1.29, 1.82) is 0 Å². The van der Waals surface area contributed by atoms with Gasteiger partial charge in [-0.2, -0.15) is 0 Å². The molecule has 0 radical (unpaired) electrons. The van der Waals surface area contributed by atoms with Gasteiger partial charge in [0, 0.05) is 6.92 Å². The summed E-state index contributed by atoms with van der Waals surface area (Å²) in [4.78, 5) is 77.7. The SMILES string of the molecule is COC(=O)C1=C[C@H](N=C(NC(=O)OC(C)(C)C)NC(=O)OC(C)(C)C)[C@@H](NC(C)=O)[C@H]([C@H](OCC(=O)O)[C@H]2COC(=O)O2)O1. The highest BCUT2D eigenvalue weighted by atomic mass is 16.8. The van der Waals surface area contributed by atoms with E-state index < -0.39 is 96.1 Å². The largest absolute Gasteiger partial charge is 0.508 e. The number of ether oxygens (including phenoxy) is 7. The van der Waals surface area contributed by atoms with Crippen LogP contribution in [0.15, 0.2) is 16.8 Å². The minimum atomic E-state index is -1.48. The van der Waals surface area contributed by atoms with E-state index in [1.54, 1.807) is 41.5 Å². The molecule has 1 saturated heterocycles. The lowest BCUT2D eigenvalue weighted by molar-refractivity contribution is -0.161. The van der Waals surface area contributed by atoms with E-state index in [2.05, 4.69) is 20.9 Å². The highest BCUT2D eigenvalue weighted by Gasteiger charge is 2.49. The number of carbonyl (C=O) groups is 6. The molecule has 0 saturated carbocycles. The van der Waals surface area contributed by atoms with Crippen molar-refractivity contribution in [3.05, 3.63) is 11.8 Å². The molecule has 0 bridgehead atoms. The lowest BCUT2D eigenvalue weighted by Gasteiger charge is -2.40. The number of alkyl carbamates (subject to hydrolysis) is 2. The highest BCUT2D eigenvalue weighted by molar-refractivity contribution is 6.01. The van der Waals surface area contributed by atoms with Crippen LogP contribution in [0.5, 0.6) is 0 Å². The number of amides is 3. The van der Waals surface area contributed by atoms with E-state index in [-0.39, 0.29) is 6.61 Å². The van der Waals surface area contributed by atoms with E-state index in [0.29, 0.717) is 0 Å². The number of carboxylic acids is 1. The maximum absolute atomic E-state index is 12.7. The number of rotatable bonds is 8. The Morgan fingerprint density at radius 2 is 1.59 bits per heavy atom. The Morgan fingerprint density at radius 3 is 2.02 bits per heavy atom. The molecule has 44 heavy (non-hydrogen) atoms. The molecule has 2 rings (SSSR count). The molecule has 5 atom stereocenters. The van der Waals surface area contributed by atoms with Crippen molar-refractivity contribution in [2.45, 2.75) is 90.1 Å². The summed E-state index contributed by atoms with van der Waals surface area (Å²) in [6.45, 7) is 9.47. The normalized spacial score (nSPS) is 22.0. The molecule has 2 aliphatic rings. The van der Waals surface area contributed by atoms with Gasteiger partial charge in [0.1, 0.15) is 30.5 Å². The molecule has 0 aromatic heterocycles. The van der Waals surface area contributed by atoms with E-state index in [1.807, 2.05) is 0 Å². The minimum Gasteiger partial charge on any atom is -0.480 e. The second kappa shape index (κ2) is 14.7. The zero-order valence-corrected chi connectivity index (χ0v) is 25.6. The first-order valence-corrected chi connectivity index (χ1v) is 13.3. The number of hydrogen-bond donors (Lipinski definition) is 4. The molecule has 0 unspecified atom stereocenters. The third kappa shape index (κ3) is 11.6. The molecule has 18 heteroatoms. The van der Waals surface area contributed by atoms with Crippen LogP contribution in [-0.4, -0.2) is 109 Å². The van der Waals surface area contributed by atoms with E-state index in [0.717, 1.165) is 20.1 Å². The number of aliphatic imine (C=N–C) groups is 1. The van der Waals surface area contributed by atoms with Crippen molar-refractivity contribution in [2.24, 2.45) is 4.99 Å². The number of nitrogens with zero attached hydrogens (tertiary/aromatic N) is 1. The van der Waals surface area contributed by atoms with Crippen LogP contribution in [0, 0.1) is 0 Å². The Hall–Kier alpha value is -4.61. The Kier molecular flexibility index (Phi) is 11.9. The molecule has 246 valence electrons. The molecular formula is C26H38N4O14. The first-order chi connectivity index (χ1) is 20.3. The average Bonchev–Trinajstić information content (AvgIpc) is 3.27. The second-order valence-electron chi connectivity index (χ2n) is 11.4. The van der Waals surface area contributed by atoms with Crippen molar-refractivity contribution >= 4 is 42.1 Å². The van der Waals surface area contributed by atoms with Crippen molar-refractivity contribution in [2.75, 3.05) is 20.3 Å². The number of guanidine groups is 1. The Balaban J connectivity index is 2.67. The fourth-order valence-corrected chi connectivity index (χ4v) is 3.85. The van der Waals surface area contributed by atoms with Crippen LogP contribution < -0.4 is 16.0 Å². The average molecular weight is 631 g/mol. The standard InChI is InChI=1S/C26H38N4O14/c1-12(31)27-17-13(28-21(29-22(35)43-25(2,3)4)30-23(36)44-26(5,6)7)9-14(20(34)38-8)41-19(17)18(39-11-16(32)33)15-10-40-24(37)42-15/h9,13,15,17-19H,10-11H2,1-8H3,(H,27,31)(H,32,33)(H2,28,29,30,35,36)/t13-,15+,17+,18+,19+/m0/s1. The van der Waals surface area contributed by atoms with Crippen molar-refractivity contribution in [3.63, 3.8) is 0 Å². The smallest absolute Gasteiger partial charge is 0.480 e. The maximum Gasteiger partial charge on any atom is 0.508 e. The molecule has 0 aromatic rings. The first kappa shape index (κ1) is 35.6. The molecule has 0 aromatic carbocycles. The van der Waals surface area contributed by atoms with Crippen molar-refractivity contribution in [3.8, 4) is 0 Å². The lowest BCUT2D eigenvalue weighted by Crippen LogP contribution is -2.61. The van der Waals surface area contributed by atoms with E-state index >= 15 is 0 Å². The number of hydrogen-bond acceptors (Lipinski definition) is 14. The second-order valence-corrected chi connectivity index (χ2v) is 11.4.